The highest BCUT2D eigenvalue weighted by molar-refractivity contribution is 6.11. The molecule has 4 nitrogen and oxygen atoms in total. The van der Waals surface area contributed by atoms with Crippen molar-refractivity contribution in [1.82, 2.24) is 9.80 Å². The van der Waals surface area contributed by atoms with Gasteiger partial charge in [-0.3, -0.25) is 0 Å². The lowest BCUT2D eigenvalue weighted by Crippen LogP contribution is -2.64. The maximum absolute atomic E-state index is 10.8. The predicted molar refractivity (Wildman–Crippen MR) is 35.5 cm³/mol. The Kier molecular flexibility index (Phi) is 1.39. The van der Waals surface area contributed by atoms with Crippen LogP contribution in [0.1, 0.15) is 13.8 Å². The van der Waals surface area contributed by atoms with Crippen LogP contribution in [0.15, 0.2) is 0 Å². The fraction of sp³-hybridized carbons (Fsp3) is 0.667. The number of carbonyl (C=O) groups excluding carboxylic acids is 2. The van der Waals surface area contributed by atoms with E-state index < -0.39 is 0 Å². The summed E-state index contributed by atoms with van der Waals surface area (Å²) < 4.78 is 0. The van der Waals surface area contributed by atoms with Crippen LogP contribution in [0.2, 0.25) is 0 Å². The van der Waals surface area contributed by atoms with Crippen LogP contribution in [0, 0.1) is 0 Å². The third kappa shape index (κ3) is 0.683. The molecule has 0 atom stereocenters. The van der Waals surface area contributed by atoms with E-state index in [1.807, 2.05) is 13.8 Å². The molecule has 1 fully saturated rings. The van der Waals surface area contributed by atoms with E-state index in [9.17, 15) is 9.59 Å². The van der Waals surface area contributed by atoms with E-state index in [4.69, 9.17) is 0 Å². The molecule has 0 aliphatic carbocycles. The van der Waals surface area contributed by atoms with E-state index in [0.29, 0.717) is 0 Å². The van der Waals surface area contributed by atoms with Gasteiger partial charge in [0.2, 0.25) is 0 Å². The van der Waals surface area contributed by atoms with Crippen molar-refractivity contribution in [3.63, 3.8) is 0 Å². The highest BCUT2D eigenvalue weighted by Gasteiger charge is 2.42. The lowest BCUT2D eigenvalue weighted by molar-refractivity contribution is 0.104. The molecule has 1 saturated heterocycles. The molecule has 0 aromatic heterocycles. The van der Waals surface area contributed by atoms with Crippen molar-refractivity contribution in [2.45, 2.75) is 19.9 Å². The van der Waals surface area contributed by atoms with Crippen LogP contribution in [-0.2, 0) is 0 Å². The number of imide groups is 2. The Labute approximate surface area is 59.4 Å². The highest BCUT2D eigenvalue weighted by Crippen LogP contribution is 2.16. The van der Waals surface area contributed by atoms with Crippen molar-refractivity contribution >= 4 is 12.1 Å². The van der Waals surface area contributed by atoms with E-state index in [2.05, 4.69) is 0 Å². The summed E-state index contributed by atoms with van der Waals surface area (Å²) in [5.74, 6) is 0. The fourth-order valence-corrected chi connectivity index (χ4v) is 0.884. The topological polar surface area (TPSA) is 40.6 Å². The Hall–Kier alpha value is -1.06. The summed E-state index contributed by atoms with van der Waals surface area (Å²) in [5, 5.41) is 0. The Bertz CT molecular complexity index is 172. The molecule has 0 unspecified atom stereocenters. The van der Waals surface area contributed by atoms with Gasteiger partial charge in [0.25, 0.3) is 0 Å². The average Bonchev–Trinajstić information content (AvgIpc) is 1.87. The first kappa shape index (κ1) is 7.05. The Morgan fingerprint density at radius 3 is 1.80 bits per heavy atom. The lowest BCUT2D eigenvalue weighted by atomic mass is 10.3. The van der Waals surface area contributed by atoms with Crippen molar-refractivity contribution in [2.24, 2.45) is 0 Å². The number of nitrogens with zero attached hydrogens (tertiary/aromatic N) is 2. The highest BCUT2D eigenvalue weighted by atomic mass is 16.2. The molecular weight excluding hydrogens is 132 g/mol. The second kappa shape index (κ2) is 1.97. The number of carbonyl (C=O) groups is 2. The first-order valence-electron chi connectivity index (χ1n) is 3.16. The van der Waals surface area contributed by atoms with Gasteiger partial charge in [0.05, 0.1) is 0 Å². The number of hydrogen-bond acceptors (Lipinski definition) is 2. The summed E-state index contributed by atoms with van der Waals surface area (Å²) in [6.07, 6.45) is 0. The first-order chi connectivity index (χ1) is 4.55. The van der Waals surface area contributed by atoms with Gasteiger partial charge in [0.1, 0.15) is 0 Å². The van der Waals surface area contributed by atoms with Gasteiger partial charge in [-0.25, -0.2) is 19.4 Å². The maximum atomic E-state index is 10.8. The van der Waals surface area contributed by atoms with E-state index >= 15 is 0 Å². The number of rotatable bonds is 1. The molecule has 0 aromatic carbocycles. The Morgan fingerprint density at radius 1 is 1.20 bits per heavy atom. The molecular formula is C6H10N2O2. The smallest absolute Gasteiger partial charge is 0.248 e. The van der Waals surface area contributed by atoms with Gasteiger partial charge in [-0.15, -0.1) is 0 Å². The van der Waals surface area contributed by atoms with E-state index in [1.54, 1.807) is 0 Å². The fourth-order valence-electron chi connectivity index (χ4n) is 0.884. The number of amides is 4. The third-order valence-corrected chi connectivity index (χ3v) is 1.50. The quantitative estimate of drug-likeness (QED) is 0.545. The predicted octanol–water partition coefficient (Wildman–Crippen LogP) is 0.882. The summed E-state index contributed by atoms with van der Waals surface area (Å²) in [6, 6.07) is -0.434. The van der Waals surface area contributed by atoms with Gasteiger partial charge in [0, 0.05) is 13.1 Å². The Morgan fingerprint density at radius 2 is 1.60 bits per heavy atom. The summed E-state index contributed by atoms with van der Waals surface area (Å²) in [5.41, 5.74) is 0. The molecule has 1 heterocycles. The minimum Gasteiger partial charge on any atom is -0.248 e. The third-order valence-electron chi connectivity index (χ3n) is 1.50. The van der Waals surface area contributed by atoms with Crippen LogP contribution >= 0.6 is 0 Å². The van der Waals surface area contributed by atoms with E-state index in [1.165, 1.54) is 11.9 Å². The summed E-state index contributed by atoms with van der Waals surface area (Å²) in [7, 11) is 1.48. The minimum absolute atomic E-state index is 0.0174. The number of hydrogen-bond donors (Lipinski definition) is 0. The van der Waals surface area contributed by atoms with Crippen LogP contribution in [0.3, 0.4) is 0 Å². The van der Waals surface area contributed by atoms with E-state index in [0.717, 1.165) is 4.90 Å². The zero-order chi connectivity index (χ0) is 7.89. The normalized spacial score (nSPS) is 18.4. The van der Waals surface area contributed by atoms with Crippen molar-refractivity contribution in [3.8, 4) is 0 Å². The second-order valence-electron chi connectivity index (χ2n) is 2.59. The van der Waals surface area contributed by atoms with Crippen molar-refractivity contribution in [1.29, 1.82) is 0 Å². The Balaban J connectivity index is 2.67. The molecule has 0 aromatic rings. The van der Waals surface area contributed by atoms with Gasteiger partial charge < -0.3 is 0 Å². The standard InChI is InChI=1S/C6H10N2O2/c1-4(2)8-5(9)7(3)6(8)10/h4H,1-3H3. The molecule has 4 heteroatoms. The van der Waals surface area contributed by atoms with Gasteiger partial charge >= 0.3 is 12.1 Å². The molecule has 0 spiro atoms. The zero-order valence-corrected chi connectivity index (χ0v) is 6.29. The number of urea groups is 2. The molecule has 0 N–H and O–H groups in total. The van der Waals surface area contributed by atoms with Crippen molar-refractivity contribution in [2.75, 3.05) is 7.05 Å². The second-order valence-corrected chi connectivity index (χ2v) is 2.59. The summed E-state index contributed by atoms with van der Waals surface area (Å²) >= 11 is 0. The molecule has 1 aliphatic rings. The SMILES string of the molecule is CC(C)N1C(=O)N(C)C1=O. The van der Waals surface area contributed by atoms with Crippen molar-refractivity contribution < 1.29 is 9.59 Å². The first-order valence-corrected chi connectivity index (χ1v) is 3.16. The van der Waals surface area contributed by atoms with Crippen molar-refractivity contribution in [3.05, 3.63) is 0 Å². The van der Waals surface area contributed by atoms with Crippen LogP contribution in [0.5, 0.6) is 0 Å². The molecule has 0 radical (unpaired) electrons. The lowest BCUT2D eigenvalue weighted by Gasteiger charge is -2.38. The monoisotopic (exact) mass is 142 g/mol. The van der Waals surface area contributed by atoms with Gasteiger partial charge in [-0.1, -0.05) is 0 Å². The van der Waals surface area contributed by atoms with Gasteiger partial charge in [-0.05, 0) is 13.8 Å². The molecule has 56 valence electrons. The molecule has 4 amide bonds. The largest absolute Gasteiger partial charge is 0.336 e. The van der Waals surface area contributed by atoms with Crippen LogP contribution in [0.4, 0.5) is 9.59 Å². The maximum Gasteiger partial charge on any atom is 0.336 e. The van der Waals surface area contributed by atoms with Crippen LogP contribution < -0.4 is 0 Å². The van der Waals surface area contributed by atoms with Gasteiger partial charge in [0.15, 0.2) is 0 Å². The zero-order valence-electron chi connectivity index (χ0n) is 6.29. The average molecular weight is 142 g/mol. The van der Waals surface area contributed by atoms with E-state index in [-0.39, 0.29) is 18.1 Å². The molecule has 10 heavy (non-hydrogen) atoms. The van der Waals surface area contributed by atoms with Crippen LogP contribution in [0.25, 0.3) is 0 Å². The van der Waals surface area contributed by atoms with Crippen LogP contribution in [-0.4, -0.2) is 35.0 Å². The molecule has 0 saturated carbocycles. The summed E-state index contributed by atoms with van der Waals surface area (Å²) in [6.45, 7) is 3.62. The molecule has 1 rings (SSSR count). The minimum atomic E-state index is -0.208. The van der Waals surface area contributed by atoms with Gasteiger partial charge in [-0.2, -0.15) is 0 Å². The summed E-state index contributed by atoms with van der Waals surface area (Å²) in [4.78, 5) is 24.0. The molecule has 0 bridgehead atoms. The molecule has 1 aliphatic heterocycles.